The summed E-state index contributed by atoms with van der Waals surface area (Å²) in [4.78, 5) is 15.7. The van der Waals surface area contributed by atoms with Crippen LogP contribution in [0.2, 0.25) is 0 Å². The summed E-state index contributed by atoms with van der Waals surface area (Å²) in [5.74, 6) is -0.255. The molecule has 1 saturated heterocycles. The fourth-order valence-corrected chi connectivity index (χ4v) is 2.89. The molecule has 0 amide bonds. The number of hydrogen-bond acceptors (Lipinski definition) is 4. The first kappa shape index (κ1) is 10.6. The molecule has 0 saturated carbocycles. The average molecular weight is 226 g/mol. The van der Waals surface area contributed by atoms with Crippen LogP contribution < -0.4 is 5.32 Å². The zero-order valence-electron chi connectivity index (χ0n) is 8.40. The van der Waals surface area contributed by atoms with E-state index in [1.54, 1.807) is 17.5 Å². The second kappa shape index (κ2) is 4.72. The number of aliphatic carboxylic acids is 1. The maximum atomic E-state index is 10.5. The molecular formula is C10H14N2O2S. The second-order valence-corrected chi connectivity index (χ2v) is 4.91. The summed E-state index contributed by atoms with van der Waals surface area (Å²) in [5.41, 5.74) is 0. The molecule has 0 radical (unpaired) electrons. The van der Waals surface area contributed by atoms with Gasteiger partial charge in [-0.2, -0.15) is 0 Å². The third kappa shape index (κ3) is 2.76. The Labute approximate surface area is 92.3 Å². The summed E-state index contributed by atoms with van der Waals surface area (Å²) in [6.07, 6.45) is 4.03. The van der Waals surface area contributed by atoms with Crippen molar-refractivity contribution < 1.29 is 9.90 Å². The monoisotopic (exact) mass is 226 g/mol. The lowest BCUT2D eigenvalue weighted by molar-refractivity contribution is -0.136. The highest BCUT2D eigenvalue weighted by molar-refractivity contribution is 7.11. The molecule has 0 spiro atoms. The molecule has 1 fully saturated rings. The smallest absolute Gasteiger partial charge is 0.308 e. The lowest BCUT2D eigenvalue weighted by Gasteiger charge is -2.20. The van der Waals surface area contributed by atoms with E-state index in [9.17, 15) is 4.79 Å². The van der Waals surface area contributed by atoms with Crippen LogP contribution in [0.25, 0.3) is 0 Å². The number of carbonyl (C=O) groups is 1. The minimum Gasteiger partial charge on any atom is -0.481 e. The van der Waals surface area contributed by atoms with Gasteiger partial charge in [0.15, 0.2) is 0 Å². The van der Waals surface area contributed by atoms with Gasteiger partial charge in [0.2, 0.25) is 0 Å². The SMILES string of the molecule is O=C(O)Cc1cnc(C2CCNCC2)s1. The summed E-state index contributed by atoms with van der Waals surface area (Å²) < 4.78 is 0. The van der Waals surface area contributed by atoms with Gasteiger partial charge in [0.05, 0.1) is 11.4 Å². The number of carboxylic acids is 1. The molecule has 4 nitrogen and oxygen atoms in total. The number of carboxylic acid groups (broad SMARTS) is 1. The lowest BCUT2D eigenvalue weighted by atomic mass is 9.99. The van der Waals surface area contributed by atoms with Crippen LogP contribution in [0.1, 0.15) is 28.6 Å². The summed E-state index contributed by atoms with van der Waals surface area (Å²) in [6, 6.07) is 0. The van der Waals surface area contributed by atoms with Crippen molar-refractivity contribution in [3.8, 4) is 0 Å². The number of thiazole rings is 1. The molecule has 0 unspecified atom stereocenters. The van der Waals surface area contributed by atoms with Gasteiger partial charge in [0, 0.05) is 17.0 Å². The molecule has 1 aromatic heterocycles. The maximum Gasteiger partial charge on any atom is 0.308 e. The molecule has 2 N–H and O–H groups in total. The molecule has 5 heteroatoms. The van der Waals surface area contributed by atoms with Crippen LogP contribution in [0.15, 0.2) is 6.20 Å². The van der Waals surface area contributed by atoms with Crippen LogP contribution in [0.4, 0.5) is 0 Å². The summed E-state index contributed by atoms with van der Waals surface area (Å²) in [5, 5.41) is 13.1. The summed E-state index contributed by atoms with van der Waals surface area (Å²) in [7, 11) is 0. The minimum atomic E-state index is -0.782. The van der Waals surface area contributed by atoms with E-state index in [2.05, 4.69) is 10.3 Å². The maximum absolute atomic E-state index is 10.5. The van der Waals surface area contributed by atoms with Crippen molar-refractivity contribution in [2.75, 3.05) is 13.1 Å². The largest absolute Gasteiger partial charge is 0.481 e. The van der Waals surface area contributed by atoms with Crippen molar-refractivity contribution in [3.05, 3.63) is 16.1 Å². The minimum absolute atomic E-state index is 0.0998. The van der Waals surface area contributed by atoms with Gasteiger partial charge in [-0.3, -0.25) is 4.79 Å². The van der Waals surface area contributed by atoms with Gasteiger partial charge < -0.3 is 10.4 Å². The Balaban J connectivity index is 2.02. The Kier molecular flexibility index (Phi) is 3.33. The van der Waals surface area contributed by atoms with E-state index >= 15 is 0 Å². The van der Waals surface area contributed by atoms with E-state index in [-0.39, 0.29) is 6.42 Å². The zero-order valence-corrected chi connectivity index (χ0v) is 9.22. The number of aromatic nitrogens is 1. The summed E-state index contributed by atoms with van der Waals surface area (Å²) in [6.45, 7) is 2.08. The van der Waals surface area contributed by atoms with Crippen molar-refractivity contribution in [2.45, 2.75) is 25.2 Å². The molecule has 0 bridgehead atoms. The fourth-order valence-electron chi connectivity index (χ4n) is 1.81. The van der Waals surface area contributed by atoms with E-state index in [0.29, 0.717) is 5.92 Å². The highest BCUT2D eigenvalue weighted by Gasteiger charge is 2.18. The van der Waals surface area contributed by atoms with Crippen molar-refractivity contribution >= 4 is 17.3 Å². The molecule has 0 aromatic carbocycles. The Bertz CT molecular complexity index is 345. The Morgan fingerprint density at radius 1 is 1.60 bits per heavy atom. The molecule has 0 atom stereocenters. The van der Waals surface area contributed by atoms with Crippen molar-refractivity contribution in [1.82, 2.24) is 10.3 Å². The third-order valence-electron chi connectivity index (χ3n) is 2.59. The first-order valence-corrected chi connectivity index (χ1v) is 5.94. The van der Waals surface area contributed by atoms with Crippen LogP contribution in [0, 0.1) is 0 Å². The highest BCUT2D eigenvalue weighted by Crippen LogP contribution is 2.28. The average Bonchev–Trinajstić information content (AvgIpc) is 2.67. The van der Waals surface area contributed by atoms with E-state index in [0.717, 1.165) is 35.8 Å². The van der Waals surface area contributed by atoms with Crippen LogP contribution in [0.5, 0.6) is 0 Å². The lowest BCUT2D eigenvalue weighted by Crippen LogP contribution is -2.26. The number of piperidine rings is 1. The van der Waals surface area contributed by atoms with E-state index in [1.807, 2.05) is 0 Å². The van der Waals surface area contributed by atoms with Gasteiger partial charge >= 0.3 is 5.97 Å². The molecular weight excluding hydrogens is 212 g/mol. The number of rotatable bonds is 3. The normalized spacial score (nSPS) is 17.9. The first-order valence-electron chi connectivity index (χ1n) is 5.13. The Morgan fingerprint density at radius 2 is 2.33 bits per heavy atom. The van der Waals surface area contributed by atoms with Crippen LogP contribution in [-0.4, -0.2) is 29.1 Å². The molecule has 1 aliphatic heterocycles. The van der Waals surface area contributed by atoms with Crippen molar-refractivity contribution in [3.63, 3.8) is 0 Å². The number of nitrogens with one attached hydrogen (secondary N) is 1. The van der Waals surface area contributed by atoms with E-state index < -0.39 is 5.97 Å². The first-order chi connectivity index (χ1) is 7.25. The zero-order chi connectivity index (χ0) is 10.7. The van der Waals surface area contributed by atoms with Gasteiger partial charge in [-0.05, 0) is 25.9 Å². The van der Waals surface area contributed by atoms with E-state index in [4.69, 9.17) is 5.11 Å². The Hall–Kier alpha value is -0.940. The second-order valence-electron chi connectivity index (χ2n) is 3.76. The molecule has 82 valence electrons. The quantitative estimate of drug-likeness (QED) is 0.814. The van der Waals surface area contributed by atoms with Gasteiger partial charge in [0.1, 0.15) is 0 Å². The molecule has 1 aliphatic rings. The third-order valence-corrected chi connectivity index (χ3v) is 3.75. The molecule has 15 heavy (non-hydrogen) atoms. The molecule has 2 heterocycles. The van der Waals surface area contributed by atoms with Crippen LogP contribution in [0.3, 0.4) is 0 Å². The molecule has 1 aromatic rings. The number of nitrogens with zero attached hydrogens (tertiary/aromatic N) is 1. The number of hydrogen-bond donors (Lipinski definition) is 2. The fraction of sp³-hybridized carbons (Fsp3) is 0.600. The van der Waals surface area contributed by atoms with Crippen LogP contribution in [-0.2, 0) is 11.2 Å². The molecule has 2 rings (SSSR count). The predicted molar refractivity (Wildman–Crippen MR) is 58.3 cm³/mol. The Morgan fingerprint density at radius 3 is 3.00 bits per heavy atom. The van der Waals surface area contributed by atoms with Gasteiger partial charge in [-0.15, -0.1) is 11.3 Å². The van der Waals surface area contributed by atoms with Crippen LogP contribution >= 0.6 is 11.3 Å². The van der Waals surface area contributed by atoms with Crippen molar-refractivity contribution in [1.29, 1.82) is 0 Å². The standard InChI is InChI=1S/C10H14N2O2S/c13-9(14)5-8-6-12-10(15-8)7-1-3-11-4-2-7/h6-7,11H,1-5H2,(H,13,14). The van der Waals surface area contributed by atoms with Crippen molar-refractivity contribution in [2.24, 2.45) is 0 Å². The summed E-state index contributed by atoms with van der Waals surface area (Å²) >= 11 is 1.55. The highest BCUT2D eigenvalue weighted by atomic mass is 32.1. The molecule has 0 aliphatic carbocycles. The van der Waals surface area contributed by atoms with Gasteiger partial charge in [-0.1, -0.05) is 0 Å². The topological polar surface area (TPSA) is 62.2 Å². The van der Waals surface area contributed by atoms with Gasteiger partial charge in [0.25, 0.3) is 0 Å². The van der Waals surface area contributed by atoms with Gasteiger partial charge in [-0.25, -0.2) is 4.98 Å². The predicted octanol–water partition coefficient (Wildman–Crippen LogP) is 1.24. The van der Waals surface area contributed by atoms with E-state index in [1.165, 1.54) is 0 Å².